The van der Waals surface area contributed by atoms with Gasteiger partial charge in [-0.05, 0) is 64.9 Å². The molecule has 0 aliphatic heterocycles. The predicted molar refractivity (Wildman–Crippen MR) is 97.6 cm³/mol. The number of phenols is 1. The molecule has 2 aromatic carbocycles. The maximum Gasteiger partial charge on any atom is 0.339 e. The molecule has 0 bridgehead atoms. The van der Waals surface area contributed by atoms with Crippen LogP contribution in [0.25, 0.3) is 0 Å². The lowest BCUT2D eigenvalue weighted by molar-refractivity contribution is 0.0693. The average molecular weight is 409 g/mol. The summed E-state index contributed by atoms with van der Waals surface area (Å²) in [6.07, 6.45) is 0. The Kier molecular flexibility index (Phi) is 5.53. The molecule has 0 atom stereocenters. The maximum absolute atomic E-state index is 12.2. The fourth-order valence-electron chi connectivity index (χ4n) is 1.99. The Morgan fingerprint density at radius 1 is 1.17 bits per heavy atom. The molecule has 0 saturated heterocycles. The lowest BCUT2D eigenvalue weighted by Gasteiger charge is -2.12. The van der Waals surface area contributed by atoms with E-state index in [1.54, 1.807) is 31.2 Å². The van der Waals surface area contributed by atoms with Gasteiger partial charge >= 0.3 is 5.97 Å². The second kappa shape index (κ2) is 7.41. The van der Waals surface area contributed by atoms with Gasteiger partial charge in [0, 0.05) is 10.2 Å². The lowest BCUT2D eigenvalue weighted by Crippen LogP contribution is -2.34. The lowest BCUT2D eigenvalue weighted by atomic mass is 10.1. The normalized spacial score (nSPS) is 10.1. The van der Waals surface area contributed by atoms with Crippen LogP contribution in [0.5, 0.6) is 5.75 Å². The van der Waals surface area contributed by atoms with E-state index in [9.17, 15) is 14.7 Å². The Bertz CT molecular complexity index is 839. The van der Waals surface area contributed by atoms with Gasteiger partial charge in [-0.3, -0.25) is 10.1 Å². The largest absolute Gasteiger partial charge is 0.507 e. The molecule has 0 radical (unpaired) electrons. The van der Waals surface area contributed by atoms with Gasteiger partial charge in [0.25, 0.3) is 5.91 Å². The zero-order chi connectivity index (χ0) is 17.9. The van der Waals surface area contributed by atoms with Crippen molar-refractivity contribution in [2.24, 2.45) is 0 Å². The van der Waals surface area contributed by atoms with Crippen molar-refractivity contribution in [1.29, 1.82) is 0 Å². The van der Waals surface area contributed by atoms with Crippen LogP contribution in [0.4, 0.5) is 5.69 Å². The molecule has 6 nitrogen and oxygen atoms in total. The first-order valence-corrected chi connectivity index (χ1v) is 7.93. The molecular formula is C16H13BrN2O4S. The van der Waals surface area contributed by atoms with Crippen molar-refractivity contribution in [2.75, 3.05) is 5.32 Å². The van der Waals surface area contributed by atoms with Crippen molar-refractivity contribution in [1.82, 2.24) is 5.32 Å². The molecule has 0 heterocycles. The minimum Gasteiger partial charge on any atom is -0.507 e. The number of amides is 1. The highest BCUT2D eigenvalue weighted by Crippen LogP contribution is 2.26. The number of rotatable bonds is 3. The van der Waals surface area contributed by atoms with E-state index < -0.39 is 11.9 Å². The van der Waals surface area contributed by atoms with Crippen LogP contribution in [0, 0.1) is 6.92 Å². The third-order valence-corrected chi connectivity index (χ3v) is 4.03. The summed E-state index contributed by atoms with van der Waals surface area (Å²) in [5.41, 5.74) is 0.879. The van der Waals surface area contributed by atoms with Crippen molar-refractivity contribution in [2.45, 2.75) is 6.92 Å². The summed E-state index contributed by atoms with van der Waals surface area (Å²) in [7, 11) is 0. The van der Waals surface area contributed by atoms with Crippen molar-refractivity contribution in [3.63, 3.8) is 0 Å². The fraction of sp³-hybridized carbons (Fsp3) is 0.0625. The third-order valence-electron chi connectivity index (χ3n) is 3.13. The van der Waals surface area contributed by atoms with E-state index in [2.05, 4.69) is 26.6 Å². The minimum atomic E-state index is -1.26. The Hall–Kier alpha value is -2.45. The molecule has 1 amide bonds. The number of halogens is 1. The molecule has 0 saturated carbocycles. The van der Waals surface area contributed by atoms with E-state index in [0.29, 0.717) is 21.3 Å². The molecular weight excluding hydrogens is 396 g/mol. The molecule has 0 fully saturated rings. The second-order valence-electron chi connectivity index (χ2n) is 4.88. The van der Waals surface area contributed by atoms with E-state index in [4.69, 9.17) is 17.3 Å². The van der Waals surface area contributed by atoms with Gasteiger partial charge < -0.3 is 15.5 Å². The zero-order valence-corrected chi connectivity index (χ0v) is 14.9. The van der Waals surface area contributed by atoms with Gasteiger partial charge in [0.05, 0.1) is 5.56 Å². The number of aryl methyl sites for hydroxylation is 1. The van der Waals surface area contributed by atoms with E-state index in [0.717, 1.165) is 0 Å². The Morgan fingerprint density at radius 2 is 1.83 bits per heavy atom. The summed E-state index contributed by atoms with van der Waals surface area (Å²) in [4.78, 5) is 23.3. The van der Waals surface area contributed by atoms with Gasteiger partial charge in [0.15, 0.2) is 5.11 Å². The molecule has 4 N–H and O–H groups in total. The maximum atomic E-state index is 12.2. The summed E-state index contributed by atoms with van der Waals surface area (Å²) in [5, 5.41) is 24.1. The Morgan fingerprint density at radius 3 is 2.46 bits per heavy atom. The van der Waals surface area contributed by atoms with Gasteiger partial charge in [-0.2, -0.15) is 0 Å². The number of hydrogen-bond acceptors (Lipinski definition) is 4. The van der Waals surface area contributed by atoms with Crippen LogP contribution in [-0.2, 0) is 0 Å². The average Bonchev–Trinajstić information content (AvgIpc) is 2.50. The highest BCUT2D eigenvalue weighted by Gasteiger charge is 2.15. The molecule has 0 aromatic heterocycles. The summed E-state index contributed by atoms with van der Waals surface area (Å²) >= 11 is 8.35. The number of aromatic hydroxyl groups is 1. The Labute approximate surface area is 151 Å². The van der Waals surface area contributed by atoms with Crippen molar-refractivity contribution in [3.8, 4) is 5.75 Å². The molecule has 124 valence electrons. The first-order chi connectivity index (χ1) is 11.3. The highest BCUT2D eigenvalue weighted by molar-refractivity contribution is 9.10. The first-order valence-electron chi connectivity index (χ1n) is 6.73. The summed E-state index contributed by atoms with van der Waals surface area (Å²) in [5.74, 6) is -1.98. The standard InChI is InChI=1S/C16H13BrN2O4S/c1-8-6-9(7-11(13(8)20)15(22)23)18-16(24)19-14(21)10-4-2-3-5-12(10)17/h2-7,20H,1H3,(H,22,23)(H2,18,19,21,24). The van der Waals surface area contributed by atoms with E-state index in [1.165, 1.54) is 12.1 Å². The third kappa shape index (κ3) is 4.09. The number of hydrogen-bond donors (Lipinski definition) is 4. The summed E-state index contributed by atoms with van der Waals surface area (Å²) in [6, 6.07) is 9.63. The number of carboxylic acid groups (broad SMARTS) is 1. The molecule has 0 aliphatic rings. The zero-order valence-electron chi connectivity index (χ0n) is 12.5. The van der Waals surface area contributed by atoms with Gasteiger partial charge in [0.2, 0.25) is 0 Å². The van der Waals surface area contributed by atoms with Crippen molar-refractivity contribution in [3.05, 3.63) is 57.6 Å². The fourth-order valence-corrected chi connectivity index (χ4v) is 2.67. The molecule has 8 heteroatoms. The highest BCUT2D eigenvalue weighted by atomic mass is 79.9. The molecule has 0 aliphatic carbocycles. The van der Waals surface area contributed by atoms with E-state index in [-0.39, 0.29) is 16.4 Å². The van der Waals surface area contributed by atoms with Crippen LogP contribution < -0.4 is 10.6 Å². The number of nitrogens with one attached hydrogen (secondary N) is 2. The van der Waals surface area contributed by atoms with Crippen LogP contribution in [0.3, 0.4) is 0 Å². The number of carboxylic acids is 1. The SMILES string of the molecule is Cc1cc(NC(=S)NC(=O)c2ccccc2Br)cc(C(=O)O)c1O. The summed E-state index contributed by atoms with van der Waals surface area (Å²) in [6.45, 7) is 1.57. The van der Waals surface area contributed by atoms with E-state index in [1.807, 2.05) is 0 Å². The quantitative estimate of drug-likeness (QED) is 0.459. The van der Waals surface area contributed by atoms with Crippen LogP contribution in [0.2, 0.25) is 0 Å². The van der Waals surface area contributed by atoms with E-state index >= 15 is 0 Å². The minimum absolute atomic E-state index is 0.0113. The molecule has 0 spiro atoms. The predicted octanol–water partition coefficient (Wildman–Crippen LogP) is 3.29. The van der Waals surface area contributed by atoms with Gasteiger partial charge in [0.1, 0.15) is 11.3 Å². The second-order valence-corrected chi connectivity index (χ2v) is 6.15. The van der Waals surface area contributed by atoms with Crippen molar-refractivity contribution < 1.29 is 19.8 Å². The van der Waals surface area contributed by atoms with Crippen LogP contribution >= 0.6 is 28.1 Å². The molecule has 2 rings (SSSR count). The number of benzene rings is 2. The smallest absolute Gasteiger partial charge is 0.339 e. The number of carbonyl (C=O) groups is 2. The van der Waals surface area contributed by atoms with Gasteiger partial charge in [-0.25, -0.2) is 4.79 Å². The number of thiocarbonyl (C=S) groups is 1. The summed E-state index contributed by atoms with van der Waals surface area (Å²) < 4.78 is 0.624. The van der Waals surface area contributed by atoms with Crippen LogP contribution in [-0.4, -0.2) is 27.2 Å². The van der Waals surface area contributed by atoms with Crippen molar-refractivity contribution >= 4 is 50.8 Å². The van der Waals surface area contributed by atoms with Crippen LogP contribution in [0.1, 0.15) is 26.3 Å². The number of anilines is 1. The van der Waals surface area contributed by atoms with Crippen LogP contribution in [0.15, 0.2) is 40.9 Å². The molecule has 24 heavy (non-hydrogen) atoms. The van der Waals surface area contributed by atoms with Gasteiger partial charge in [-0.1, -0.05) is 12.1 Å². The topological polar surface area (TPSA) is 98.7 Å². The monoisotopic (exact) mass is 408 g/mol. The first kappa shape index (κ1) is 17.9. The molecule has 0 unspecified atom stereocenters. The molecule has 2 aromatic rings. The number of aromatic carboxylic acids is 1. The number of carbonyl (C=O) groups excluding carboxylic acids is 1. The van der Waals surface area contributed by atoms with Gasteiger partial charge in [-0.15, -0.1) is 0 Å². The Balaban J connectivity index is 2.14.